The number of nitrogens with one attached hydrogen (secondary N) is 2. The van der Waals surface area contributed by atoms with Crippen molar-refractivity contribution < 1.29 is 18.0 Å². The van der Waals surface area contributed by atoms with E-state index in [-0.39, 0.29) is 5.82 Å². The summed E-state index contributed by atoms with van der Waals surface area (Å²) >= 11 is 0. The number of carbonyl (C=O) groups is 1. The normalized spacial score (nSPS) is 12.4. The van der Waals surface area contributed by atoms with E-state index in [1.54, 1.807) is 18.2 Å². The summed E-state index contributed by atoms with van der Waals surface area (Å²) in [6.07, 6.45) is -3.30. The molecule has 0 aliphatic rings. The number of nitriles is 1. The Hall–Kier alpha value is -3.09. The highest BCUT2D eigenvalue weighted by atomic mass is 19.4. The van der Waals surface area contributed by atoms with Crippen LogP contribution < -0.4 is 10.9 Å². The van der Waals surface area contributed by atoms with Crippen molar-refractivity contribution >= 4 is 11.7 Å². The number of hydrogen-bond donors (Lipinski definition) is 2. The molecule has 0 aliphatic heterocycles. The molecule has 2 heterocycles. The number of anilines is 1. The van der Waals surface area contributed by atoms with Gasteiger partial charge in [0.15, 0.2) is 0 Å². The molecule has 0 fully saturated rings. The molecule has 1 atom stereocenters. The van der Waals surface area contributed by atoms with Crippen LogP contribution in [0.1, 0.15) is 5.69 Å². The van der Waals surface area contributed by atoms with E-state index in [9.17, 15) is 22.8 Å². The van der Waals surface area contributed by atoms with Gasteiger partial charge in [-0.05, 0) is 12.1 Å². The lowest BCUT2D eigenvalue weighted by Gasteiger charge is -2.10. The first-order chi connectivity index (χ1) is 10.8. The Bertz CT molecular complexity index is 788. The molecular weight excluding hydrogens is 315 g/mol. The third-order valence-electron chi connectivity index (χ3n) is 2.85. The number of aromatic nitrogens is 3. The second-order valence-corrected chi connectivity index (χ2v) is 4.50. The van der Waals surface area contributed by atoms with Crippen LogP contribution in [-0.2, 0) is 17.5 Å². The number of carbonyl (C=O) groups excluding carboxylic acids is 1. The summed E-state index contributed by atoms with van der Waals surface area (Å²) < 4.78 is 38.1. The lowest BCUT2D eigenvalue weighted by Crippen LogP contribution is -2.29. The first-order valence-electron chi connectivity index (χ1n) is 6.30. The standard InChI is InChI=1S/C13H10F3N5O2/c14-13(15,16)9-5-11(22)21(20-9)7-8(6-17)12(23)19-10-3-1-2-4-18-10/h1-5,8,20H,7H2,(H,18,19,23)/t8-/m1/s1. The monoisotopic (exact) mass is 325 g/mol. The maximum Gasteiger partial charge on any atom is 0.432 e. The largest absolute Gasteiger partial charge is 0.432 e. The van der Waals surface area contributed by atoms with Crippen molar-refractivity contribution in [2.75, 3.05) is 5.32 Å². The maximum atomic E-state index is 12.5. The minimum Gasteiger partial charge on any atom is -0.309 e. The predicted molar refractivity (Wildman–Crippen MR) is 72.0 cm³/mol. The highest BCUT2D eigenvalue weighted by Crippen LogP contribution is 2.26. The quantitative estimate of drug-likeness (QED) is 0.886. The predicted octanol–water partition coefficient (Wildman–Crippen LogP) is 1.37. The van der Waals surface area contributed by atoms with E-state index < -0.39 is 35.8 Å². The van der Waals surface area contributed by atoms with E-state index in [1.807, 2.05) is 5.10 Å². The van der Waals surface area contributed by atoms with Crippen LogP contribution in [0.15, 0.2) is 35.3 Å². The van der Waals surface area contributed by atoms with Crippen molar-refractivity contribution in [2.45, 2.75) is 12.7 Å². The van der Waals surface area contributed by atoms with Gasteiger partial charge in [-0.2, -0.15) is 18.4 Å². The molecule has 0 bridgehead atoms. The first kappa shape index (κ1) is 16.3. The van der Waals surface area contributed by atoms with Crippen LogP contribution in [0.4, 0.5) is 19.0 Å². The molecule has 0 saturated heterocycles. The lowest BCUT2D eigenvalue weighted by molar-refractivity contribution is -0.141. The van der Waals surface area contributed by atoms with Crippen molar-refractivity contribution in [3.05, 3.63) is 46.5 Å². The molecule has 0 aliphatic carbocycles. The second kappa shape index (κ2) is 6.35. The Morgan fingerprint density at radius 1 is 1.48 bits per heavy atom. The van der Waals surface area contributed by atoms with Gasteiger partial charge in [0.1, 0.15) is 17.4 Å². The Labute approximate surface area is 127 Å². The average Bonchev–Trinajstić information content (AvgIpc) is 2.87. The number of H-pyrrole nitrogens is 1. The van der Waals surface area contributed by atoms with Crippen LogP contribution in [0.2, 0.25) is 0 Å². The molecule has 23 heavy (non-hydrogen) atoms. The number of hydrogen-bond acceptors (Lipinski definition) is 4. The molecule has 0 radical (unpaired) electrons. The third kappa shape index (κ3) is 3.97. The van der Waals surface area contributed by atoms with Crippen LogP contribution in [0.25, 0.3) is 0 Å². The zero-order valence-electron chi connectivity index (χ0n) is 11.5. The zero-order chi connectivity index (χ0) is 17.0. The van der Waals surface area contributed by atoms with Gasteiger partial charge in [0.2, 0.25) is 5.91 Å². The smallest absolute Gasteiger partial charge is 0.309 e. The highest BCUT2D eigenvalue weighted by Gasteiger charge is 2.34. The van der Waals surface area contributed by atoms with Crippen molar-refractivity contribution in [1.82, 2.24) is 14.8 Å². The van der Waals surface area contributed by atoms with Crippen molar-refractivity contribution in [1.29, 1.82) is 5.26 Å². The Kier molecular flexibility index (Phi) is 4.49. The van der Waals surface area contributed by atoms with Gasteiger partial charge in [-0.15, -0.1) is 0 Å². The zero-order valence-corrected chi connectivity index (χ0v) is 11.5. The summed E-state index contributed by atoms with van der Waals surface area (Å²) in [6.45, 7) is -0.538. The van der Waals surface area contributed by atoms with Crippen molar-refractivity contribution in [3.63, 3.8) is 0 Å². The van der Waals surface area contributed by atoms with Gasteiger partial charge in [0.05, 0.1) is 12.6 Å². The van der Waals surface area contributed by atoms with Crippen LogP contribution in [0, 0.1) is 17.2 Å². The van der Waals surface area contributed by atoms with E-state index in [4.69, 9.17) is 5.26 Å². The summed E-state index contributed by atoms with van der Waals surface area (Å²) in [5.74, 6) is -1.96. The summed E-state index contributed by atoms with van der Waals surface area (Å²) in [4.78, 5) is 27.3. The second-order valence-electron chi connectivity index (χ2n) is 4.50. The SMILES string of the molecule is N#C[C@H](Cn1[nH]c(C(F)(F)F)cc1=O)C(=O)Nc1ccccn1. The van der Waals surface area contributed by atoms with Gasteiger partial charge in [0.25, 0.3) is 5.56 Å². The molecule has 10 heteroatoms. The number of rotatable bonds is 4. The molecule has 2 N–H and O–H groups in total. The summed E-state index contributed by atoms with van der Waals surface area (Å²) in [5, 5.41) is 13.2. The molecule has 2 aromatic heterocycles. The average molecular weight is 325 g/mol. The van der Waals surface area contributed by atoms with Gasteiger partial charge >= 0.3 is 6.18 Å². The van der Waals surface area contributed by atoms with Crippen LogP contribution in [-0.4, -0.2) is 20.7 Å². The van der Waals surface area contributed by atoms with E-state index in [0.717, 1.165) is 0 Å². The molecule has 1 amide bonds. The topological polar surface area (TPSA) is 104 Å². The molecular formula is C13H10F3N5O2. The lowest BCUT2D eigenvalue weighted by atomic mass is 10.1. The van der Waals surface area contributed by atoms with Crippen LogP contribution in [0.3, 0.4) is 0 Å². The van der Waals surface area contributed by atoms with Gasteiger partial charge in [-0.1, -0.05) is 6.07 Å². The van der Waals surface area contributed by atoms with Crippen LogP contribution >= 0.6 is 0 Å². The maximum absolute atomic E-state index is 12.5. The number of halogens is 3. The van der Waals surface area contributed by atoms with E-state index >= 15 is 0 Å². The molecule has 120 valence electrons. The molecule has 0 unspecified atom stereocenters. The van der Waals surface area contributed by atoms with Crippen LogP contribution in [0.5, 0.6) is 0 Å². The molecule has 0 spiro atoms. The molecule has 0 saturated carbocycles. The molecule has 7 nitrogen and oxygen atoms in total. The fourth-order valence-corrected chi connectivity index (χ4v) is 1.73. The van der Waals surface area contributed by atoms with E-state index in [2.05, 4.69) is 10.3 Å². The minimum atomic E-state index is -4.72. The molecule has 2 rings (SSSR count). The number of pyridine rings is 1. The van der Waals surface area contributed by atoms with E-state index in [0.29, 0.717) is 10.7 Å². The Morgan fingerprint density at radius 2 is 2.22 bits per heavy atom. The van der Waals surface area contributed by atoms with Gasteiger partial charge in [0, 0.05) is 12.3 Å². The van der Waals surface area contributed by atoms with Gasteiger partial charge < -0.3 is 5.32 Å². The number of nitrogens with zero attached hydrogens (tertiary/aromatic N) is 3. The summed E-state index contributed by atoms with van der Waals surface area (Å²) in [7, 11) is 0. The molecule has 0 aromatic carbocycles. The highest BCUT2D eigenvalue weighted by molar-refractivity contribution is 5.93. The first-order valence-corrected chi connectivity index (χ1v) is 6.30. The fraction of sp³-hybridized carbons (Fsp3) is 0.231. The summed E-state index contributed by atoms with van der Waals surface area (Å²) in [6, 6.07) is 6.72. The van der Waals surface area contributed by atoms with Crippen molar-refractivity contribution in [2.24, 2.45) is 5.92 Å². The van der Waals surface area contributed by atoms with Crippen molar-refractivity contribution in [3.8, 4) is 6.07 Å². The number of aromatic amines is 1. The molecule has 2 aromatic rings. The fourth-order valence-electron chi connectivity index (χ4n) is 1.73. The number of amides is 1. The minimum absolute atomic E-state index is 0.188. The number of alkyl halides is 3. The Morgan fingerprint density at radius 3 is 2.74 bits per heavy atom. The Balaban J connectivity index is 2.14. The third-order valence-corrected chi connectivity index (χ3v) is 2.85. The summed E-state index contributed by atoms with van der Waals surface area (Å²) in [5.41, 5.74) is -2.23. The van der Waals surface area contributed by atoms with Gasteiger partial charge in [-0.25, -0.2) is 4.98 Å². The van der Waals surface area contributed by atoms with Gasteiger partial charge in [-0.3, -0.25) is 19.4 Å². The van der Waals surface area contributed by atoms with E-state index in [1.165, 1.54) is 12.3 Å².